The van der Waals surface area contributed by atoms with Gasteiger partial charge in [0.25, 0.3) is 0 Å². The maximum Gasteiger partial charge on any atom is 0.0208 e. The Bertz CT molecular complexity index is 744. The Kier molecular flexibility index (Phi) is 3.53. The lowest BCUT2D eigenvalue weighted by molar-refractivity contribution is 0.819. The molecule has 0 bridgehead atoms. The minimum atomic E-state index is 0.888. The maximum absolute atomic E-state index is 3.26. The number of aryl methyl sites for hydroxylation is 1. The summed E-state index contributed by atoms with van der Waals surface area (Å²) in [5, 5.41) is 5.89. The highest BCUT2D eigenvalue weighted by Crippen LogP contribution is 2.33. The van der Waals surface area contributed by atoms with Crippen LogP contribution in [0.2, 0.25) is 0 Å². The molecule has 0 atom stereocenters. The quantitative estimate of drug-likeness (QED) is 0.730. The van der Waals surface area contributed by atoms with Gasteiger partial charge in [-0.1, -0.05) is 60.7 Å². The third-order valence-corrected chi connectivity index (χ3v) is 3.79. The first-order valence-electron chi connectivity index (χ1n) is 7.02. The number of hydrogen-bond acceptors (Lipinski definition) is 1. The van der Waals surface area contributed by atoms with E-state index in [9.17, 15) is 0 Å². The van der Waals surface area contributed by atoms with Crippen LogP contribution in [0.4, 0.5) is 0 Å². The van der Waals surface area contributed by atoms with Gasteiger partial charge < -0.3 is 5.32 Å². The van der Waals surface area contributed by atoms with Crippen LogP contribution in [0.15, 0.2) is 60.7 Å². The van der Waals surface area contributed by atoms with Gasteiger partial charge in [-0.25, -0.2) is 0 Å². The zero-order chi connectivity index (χ0) is 13.9. The number of benzene rings is 3. The van der Waals surface area contributed by atoms with Gasteiger partial charge in [0, 0.05) is 6.54 Å². The Morgan fingerprint density at radius 3 is 2.45 bits per heavy atom. The summed E-state index contributed by atoms with van der Waals surface area (Å²) in [6, 6.07) is 21.7. The summed E-state index contributed by atoms with van der Waals surface area (Å²) in [4.78, 5) is 0. The minimum Gasteiger partial charge on any atom is -0.316 e. The Balaban J connectivity index is 2.32. The predicted molar refractivity (Wildman–Crippen MR) is 86.9 cm³/mol. The third kappa shape index (κ3) is 2.21. The molecule has 0 spiro atoms. The van der Waals surface area contributed by atoms with Crippen molar-refractivity contribution in [2.24, 2.45) is 0 Å². The molecule has 3 aromatic rings. The van der Waals surface area contributed by atoms with Crippen LogP contribution in [0.25, 0.3) is 21.9 Å². The van der Waals surface area contributed by atoms with E-state index in [2.05, 4.69) is 72.9 Å². The van der Waals surface area contributed by atoms with Crippen molar-refractivity contribution in [1.29, 1.82) is 0 Å². The lowest BCUT2D eigenvalue weighted by Gasteiger charge is -2.14. The number of hydrogen-bond donors (Lipinski definition) is 1. The molecule has 0 fully saturated rings. The second kappa shape index (κ2) is 5.48. The highest BCUT2D eigenvalue weighted by molar-refractivity contribution is 5.98. The summed E-state index contributed by atoms with van der Waals surface area (Å²) in [5.41, 5.74) is 5.35. The average molecular weight is 261 g/mol. The van der Waals surface area contributed by atoms with Crippen molar-refractivity contribution in [3.05, 3.63) is 71.8 Å². The minimum absolute atomic E-state index is 0.888. The second-order valence-electron chi connectivity index (χ2n) is 5.17. The van der Waals surface area contributed by atoms with E-state index in [0.29, 0.717) is 0 Å². The van der Waals surface area contributed by atoms with Gasteiger partial charge >= 0.3 is 0 Å². The van der Waals surface area contributed by atoms with E-state index < -0.39 is 0 Å². The topological polar surface area (TPSA) is 12.0 Å². The van der Waals surface area contributed by atoms with Gasteiger partial charge in [-0.2, -0.15) is 0 Å². The first kappa shape index (κ1) is 12.9. The predicted octanol–water partition coefficient (Wildman–Crippen LogP) is 4.53. The molecule has 1 N–H and O–H groups in total. The van der Waals surface area contributed by atoms with E-state index in [-0.39, 0.29) is 0 Å². The SMILES string of the molecule is CNCc1ccccc1-c1c(C)ccc2ccccc12. The lowest BCUT2D eigenvalue weighted by atomic mass is 9.91. The molecule has 1 nitrogen and oxygen atoms in total. The van der Waals surface area contributed by atoms with Crippen LogP contribution in [-0.4, -0.2) is 7.05 Å². The van der Waals surface area contributed by atoms with E-state index in [1.54, 1.807) is 0 Å². The largest absolute Gasteiger partial charge is 0.316 e. The smallest absolute Gasteiger partial charge is 0.0208 e. The van der Waals surface area contributed by atoms with E-state index in [4.69, 9.17) is 0 Å². The van der Waals surface area contributed by atoms with Gasteiger partial charge in [-0.15, -0.1) is 0 Å². The van der Waals surface area contributed by atoms with Crippen molar-refractivity contribution in [3.63, 3.8) is 0 Å². The summed E-state index contributed by atoms with van der Waals surface area (Å²) in [7, 11) is 1.99. The normalized spacial score (nSPS) is 10.9. The molecule has 0 radical (unpaired) electrons. The molecule has 0 aliphatic carbocycles. The summed E-state index contributed by atoms with van der Waals surface area (Å²) >= 11 is 0. The van der Waals surface area contributed by atoms with Gasteiger partial charge in [0.2, 0.25) is 0 Å². The van der Waals surface area contributed by atoms with Crippen LogP contribution < -0.4 is 5.32 Å². The van der Waals surface area contributed by atoms with E-state index in [1.807, 2.05) is 7.05 Å². The summed E-state index contributed by atoms with van der Waals surface area (Å²) in [5.74, 6) is 0. The third-order valence-electron chi connectivity index (χ3n) is 3.79. The molecule has 0 unspecified atom stereocenters. The molecule has 20 heavy (non-hydrogen) atoms. The molecule has 3 rings (SSSR count). The molecular formula is C19H19N. The fourth-order valence-corrected chi connectivity index (χ4v) is 2.85. The molecule has 100 valence electrons. The molecule has 0 aliphatic heterocycles. The molecule has 1 heteroatoms. The van der Waals surface area contributed by atoms with Gasteiger partial charge in [0.05, 0.1) is 0 Å². The van der Waals surface area contributed by atoms with Gasteiger partial charge in [0.15, 0.2) is 0 Å². The van der Waals surface area contributed by atoms with Crippen LogP contribution in [0.5, 0.6) is 0 Å². The van der Waals surface area contributed by atoms with Crippen molar-refractivity contribution in [3.8, 4) is 11.1 Å². The molecule has 3 aromatic carbocycles. The van der Waals surface area contributed by atoms with Crippen molar-refractivity contribution < 1.29 is 0 Å². The zero-order valence-electron chi connectivity index (χ0n) is 12.0. The fraction of sp³-hybridized carbons (Fsp3) is 0.158. The fourth-order valence-electron chi connectivity index (χ4n) is 2.85. The first-order valence-corrected chi connectivity index (χ1v) is 7.02. The van der Waals surface area contributed by atoms with Crippen LogP contribution in [0.3, 0.4) is 0 Å². The summed E-state index contributed by atoms with van der Waals surface area (Å²) in [6.07, 6.45) is 0. The average Bonchev–Trinajstić information content (AvgIpc) is 2.49. The second-order valence-corrected chi connectivity index (χ2v) is 5.17. The van der Waals surface area contributed by atoms with Crippen molar-refractivity contribution in [1.82, 2.24) is 5.32 Å². The Hall–Kier alpha value is -2.12. The van der Waals surface area contributed by atoms with Gasteiger partial charge in [-0.3, -0.25) is 0 Å². The van der Waals surface area contributed by atoms with E-state index in [0.717, 1.165) is 6.54 Å². The van der Waals surface area contributed by atoms with E-state index >= 15 is 0 Å². The monoisotopic (exact) mass is 261 g/mol. The number of rotatable bonds is 3. The molecular weight excluding hydrogens is 242 g/mol. The maximum atomic E-state index is 3.26. The van der Waals surface area contributed by atoms with Crippen LogP contribution in [-0.2, 0) is 6.54 Å². The Labute approximate surface area is 120 Å². The molecule has 0 aliphatic rings. The summed E-state index contributed by atoms with van der Waals surface area (Å²) < 4.78 is 0. The highest BCUT2D eigenvalue weighted by Gasteiger charge is 2.10. The van der Waals surface area contributed by atoms with Crippen molar-refractivity contribution in [2.75, 3.05) is 7.05 Å². The van der Waals surface area contributed by atoms with Crippen molar-refractivity contribution in [2.45, 2.75) is 13.5 Å². The number of nitrogens with one attached hydrogen (secondary N) is 1. The Morgan fingerprint density at radius 1 is 0.850 bits per heavy atom. The number of fused-ring (bicyclic) bond motifs is 1. The highest BCUT2D eigenvalue weighted by atomic mass is 14.8. The molecule has 0 amide bonds. The van der Waals surface area contributed by atoms with Crippen LogP contribution in [0.1, 0.15) is 11.1 Å². The molecule has 0 saturated carbocycles. The van der Waals surface area contributed by atoms with Crippen molar-refractivity contribution >= 4 is 10.8 Å². The zero-order valence-corrected chi connectivity index (χ0v) is 12.0. The molecule has 0 saturated heterocycles. The Morgan fingerprint density at radius 2 is 1.60 bits per heavy atom. The van der Waals surface area contributed by atoms with Crippen LogP contribution in [0, 0.1) is 6.92 Å². The van der Waals surface area contributed by atoms with Gasteiger partial charge in [0.1, 0.15) is 0 Å². The van der Waals surface area contributed by atoms with Gasteiger partial charge in [-0.05, 0) is 47.0 Å². The molecule has 0 heterocycles. The molecule has 0 aromatic heterocycles. The standard InChI is InChI=1S/C19H19N/c1-14-11-12-15-7-3-5-9-17(15)19(14)18-10-6-4-8-16(18)13-20-2/h3-12,20H,13H2,1-2H3. The lowest BCUT2D eigenvalue weighted by Crippen LogP contribution is -2.06. The summed E-state index contributed by atoms with van der Waals surface area (Å²) in [6.45, 7) is 3.08. The van der Waals surface area contributed by atoms with Crippen LogP contribution >= 0.6 is 0 Å². The first-order chi connectivity index (χ1) is 9.81. The van der Waals surface area contributed by atoms with E-state index in [1.165, 1.54) is 33.0 Å².